The minimum atomic E-state index is 0.394. The third-order valence-electron chi connectivity index (χ3n) is 1.57. The number of nitrogens with one attached hydrogen (secondary N) is 2. The standard InChI is InChI=1S/C8H17N3O/c1-3-4-7-11(2)8(9)5-6-10-12/h5-6,9-10,12H,3-4,7H2,1-2H3/b6-5-,9-8?. The first-order valence-corrected chi connectivity index (χ1v) is 4.08. The Kier molecular flexibility index (Phi) is 6.09. The van der Waals surface area contributed by atoms with E-state index in [-0.39, 0.29) is 0 Å². The third-order valence-corrected chi connectivity index (χ3v) is 1.57. The second-order valence-electron chi connectivity index (χ2n) is 2.62. The first-order valence-electron chi connectivity index (χ1n) is 4.08. The van der Waals surface area contributed by atoms with Gasteiger partial charge in [0.1, 0.15) is 5.84 Å². The Morgan fingerprint density at radius 2 is 2.33 bits per heavy atom. The summed E-state index contributed by atoms with van der Waals surface area (Å²) in [5, 5.41) is 15.7. The average Bonchev–Trinajstić information content (AvgIpc) is 2.10. The number of hydroxylamine groups is 1. The van der Waals surface area contributed by atoms with E-state index in [1.54, 1.807) is 0 Å². The maximum Gasteiger partial charge on any atom is 0.121 e. The van der Waals surface area contributed by atoms with Gasteiger partial charge in [0.05, 0.1) is 0 Å². The van der Waals surface area contributed by atoms with Crippen LogP contribution in [0.2, 0.25) is 0 Å². The highest BCUT2D eigenvalue weighted by Crippen LogP contribution is 1.93. The zero-order valence-corrected chi connectivity index (χ0v) is 7.67. The molecule has 0 saturated heterocycles. The Morgan fingerprint density at radius 1 is 1.67 bits per heavy atom. The van der Waals surface area contributed by atoms with Crippen LogP contribution in [0.1, 0.15) is 19.8 Å². The van der Waals surface area contributed by atoms with Gasteiger partial charge < -0.3 is 4.90 Å². The van der Waals surface area contributed by atoms with E-state index in [1.165, 1.54) is 12.3 Å². The molecule has 0 aliphatic carbocycles. The lowest BCUT2D eigenvalue weighted by molar-refractivity contribution is 0.214. The van der Waals surface area contributed by atoms with Crippen LogP contribution in [-0.4, -0.2) is 29.5 Å². The van der Waals surface area contributed by atoms with Gasteiger partial charge in [-0.05, 0) is 12.5 Å². The van der Waals surface area contributed by atoms with Crippen molar-refractivity contribution >= 4 is 5.84 Å². The monoisotopic (exact) mass is 171 g/mol. The molecule has 12 heavy (non-hydrogen) atoms. The highest BCUT2D eigenvalue weighted by atomic mass is 16.5. The Labute approximate surface area is 73.3 Å². The first kappa shape index (κ1) is 11.0. The molecule has 4 nitrogen and oxygen atoms in total. The maximum absolute atomic E-state index is 8.22. The summed E-state index contributed by atoms with van der Waals surface area (Å²) in [5.41, 5.74) is 1.86. The lowest BCUT2D eigenvalue weighted by Crippen LogP contribution is -2.25. The van der Waals surface area contributed by atoms with Crippen LogP contribution in [0.25, 0.3) is 0 Å². The number of rotatable bonds is 5. The van der Waals surface area contributed by atoms with E-state index < -0.39 is 0 Å². The van der Waals surface area contributed by atoms with E-state index in [0.717, 1.165) is 19.4 Å². The van der Waals surface area contributed by atoms with Gasteiger partial charge in [-0.1, -0.05) is 13.3 Å². The average molecular weight is 171 g/mol. The molecule has 0 aliphatic heterocycles. The molecule has 0 spiro atoms. The number of amidine groups is 1. The van der Waals surface area contributed by atoms with Crippen molar-refractivity contribution in [2.24, 2.45) is 0 Å². The summed E-state index contributed by atoms with van der Waals surface area (Å²) in [6.07, 6.45) is 5.04. The molecule has 0 aromatic carbocycles. The van der Waals surface area contributed by atoms with Gasteiger partial charge in [0.2, 0.25) is 0 Å². The van der Waals surface area contributed by atoms with E-state index in [0.29, 0.717) is 5.84 Å². The number of likely N-dealkylation sites (N-methyl/N-ethyl adjacent to an activating group) is 1. The first-order chi connectivity index (χ1) is 5.72. The summed E-state index contributed by atoms with van der Waals surface area (Å²) in [5.74, 6) is 0.394. The molecule has 0 aromatic heterocycles. The SMILES string of the molecule is CCCCN(C)C(=N)/C=C\NO. The molecule has 0 aromatic rings. The number of hydrogen-bond acceptors (Lipinski definition) is 3. The van der Waals surface area contributed by atoms with Gasteiger partial charge in [0.15, 0.2) is 0 Å². The van der Waals surface area contributed by atoms with E-state index >= 15 is 0 Å². The molecule has 0 saturated carbocycles. The van der Waals surface area contributed by atoms with Crippen LogP contribution in [0, 0.1) is 5.41 Å². The van der Waals surface area contributed by atoms with Crippen LogP contribution in [0.5, 0.6) is 0 Å². The molecule has 0 bridgehead atoms. The van der Waals surface area contributed by atoms with Gasteiger partial charge >= 0.3 is 0 Å². The molecular formula is C8H17N3O. The van der Waals surface area contributed by atoms with E-state index in [2.05, 4.69) is 6.92 Å². The normalized spacial score (nSPS) is 10.2. The highest BCUT2D eigenvalue weighted by Gasteiger charge is 1.98. The summed E-state index contributed by atoms with van der Waals surface area (Å²) in [6, 6.07) is 0. The molecule has 0 radical (unpaired) electrons. The molecule has 0 unspecified atom stereocenters. The van der Waals surface area contributed by atoms with Gasteiger partial charge in [-0.2, -0.15) is 0 Å². The molecule has 0 heterocycles. The molecule has 70 valence electrons. The third kappa shape index (κ3) is 4.73. The van der Waals surface area contributed by atoms with Crippen LogP contribution in [0.4, 0.5) is 0 Å². The Bertz CT molecular complexity index is 156. The van der Waals surface area contributed by atoms with E-state index in [4.69, 9.17) is 10.6 Å². The Hall–Kier alpha value is -1.03. The number of nitrogens with zero attached hydrogens (tertiary/aromatic N) is 1. The molecule has 0 rings (SSSR count). The van der Waals surface area contributed by atoms with Crippen LogP contribution in [-0.2, 0) is 0 Å². The molecule has 0 fully saturated rings. The van der Waals surface area contributed by atoms with Crippen LogP contribution < -0.4 is 5.48 Å². The zero-order valence-electron chi connectivity index (χ0n) is 7.67. The predicted octanol–water partition coefficient (Wildman–Crippen LogP) is 1.19. The second-order valence-corrected chi connectivity index (χ2v) is 2.62. The van der Waals surface area contributed by atoms with E-state index in [9.17, 15) is 0 Å². The fourth-order valence-electron chi connectivity index (χ4n) is 0.759. The van der Waals surface area contributed by atoms with Crippen molar-refractivity contribution in [1.29, 1.82) is 5.41 Å². The summed E-state index contributed by atoms with van der Waals surface area (Å²) < 4.78 is 0. The molecule has 4 heteroatoms. The van der Waals surface area contributed by atoms with Crippen molar-refractivity contribution in [3.05, 3.63) is 12.3 Å². The lowest BCUT2D eigenvalue weighted by Gasteiger charge is -2.16. The van der Waals surface area contributed by atoms with Gasteiger partial charge in [0.25, 0.3) is 0 Å². The molecule has 0 aliphatic rings. The fourth-order valence-corrected chi connectivity index (χ4v) is 0.759. The summed E-state index contributed by atoms with van der Waals surface area (Å²) in [7, 11) is 1.86. The van der Waals surface area contributed by atoms with Gasteiger partial charge in [-0.3, -0.25) is 16.1 Å². The largest absolute Gasteiger partial charge is 0.360 e. The van der Waals surface area contributed by atoms with Crippen molar-refractivity contribution in [3.8, 4) is 0 Å². The quantitative estimate of drug-likeness (QED) is 0.331. The highest BCUT2D eigenvalue weighted by molar-refractivity contribution is 5.89. The van der Waals surface area contributed by atoms with Crippen LogP contribution in [0.15, 0.2) is 12.3 Å². The summed E-state index contributed by atoms with van der Waals surface area (Å²) in [4.78, 5) is 1.83. The van der Waals surface area contributed by atoms with Crippen molar-refractivity contribution < 1.29 is 5.21 Å². The zero-order chi connectivity index (χ0) is 9.40. The summed E-state index contributed by atoms with van der Waals surface area (Å²) in [6.45, 7) is 2.99. The smallest absolute Gasteiger partial charge is 0.121 e. The molecule has 0 atom stereocenters. The van der Waals surface area contributed by atoms with Gasteiger partial charge in [-0.25, -0.2) is 0 Å². The lowest BCUT2D eigenvalue weighted by atomic mass is 10.3. The molecule has 0 amide bonds. The van der Waals surface area contributed by atoms with Gasteiger partial charge in [-0.15, -0.1) is 0 Å². The van der Waals surface area contributed by atoms with Crippen molar-refractivity contribution in [3.63, 3.8) is 0 Å². The van der Waals surface area contributed by atoms with Crippen molar-refractivity contribution in [2.75, 3.05) is 13.6 Å². The van der Waals surface area contributed by atoms with Crippen LogP contribution in [0.3, 0.4) is 0 Å². The number of hydrogen-bond donors (Lipinski definition) is 3. The minimum Gasteiger partial charge on any atom is -0.360 e. The Balaban J connectivity index is 3.68. The van der Waals surface area contributed by atoms with Crippen molar-refractivity contribution in [1.82, 2.24) is 10.4 Å². The number of unbranched alkanes of at least 4 members (excludes halogenated alkanes) is 1. The van der Waals surface area contributed by atoms with E-state index in [1.807, 2.05) is 17.4 Å². The van der Waals surface area contributed by atoms with Gasteiger partial charge in [0, 0.05) is 19.8 Å². The minimum absolute atomic E-state index is 0.394. The molecular weight excluding hydrogens is 154 g/mol. The topological polar surface area (TPSA) is 59.4 Å². The Morgan fingerprint density at radius 3 is 2.83 bits per heavy atom. The second kappa shape index (κ2) is 6.67. The molecule has 3 N–H and O–H groups in total. The summed E-state index contributed by atoms with van der Waals surface area (Å²) >= 11 is 0. The van der Waals surface area contributed by atoms with Crippen LogP contribution >= 0.6 is 0 Å². The van der Waals surface area contributed by atoms with Crippen molar-refractivity contribution in [2.45, 2.75) is 19.8 Å². The fraction of sp³-hybridized carbons (Fsp3) is 0.625. The maximum atomic E-state index is 8.22. The predicted molar refractivity (Wildman–Crippen MR) is 49.3 cm³/mol.